The number of nitrogens with one attached hydrogen (secondary N) is 1. The smallest absolute Gasteiger partial charge is 0.322 e. The van der Waals surface area contributed by atoms with Gasteiger partial charge in [-0.3, -0.25) is 0 Å². The molecular weight excluding hydrogens is 300 g/mol. The van der Waals surface area contributed by atoms with Crippen LogP contribution < -0.4 is 5.32 Å². The molecule has 1 aliphatic carbocycles. The van der Waals surface area contributed by atoms with Crippen LogP contribution >= 0.6 is 0 Å². The Bertz CT molecular complexity index is 734. The van der Waals surface area contributed by atoms with Crippen LogP contribution in [0.25, 0.3) is 0 Å². The summed E-state index contributed by atoms with van der Waals surface area (Å²) in [6, 6.07) is 11.3. The number of amides is 2. The molecule has 0 saturated heterocycles. The molecule has 4 heteroatoms. The van der Waals surface area contributed by atoms with Crippen LogP contribution in [0.5, 0.6) is 0 Å². The second kappa shape index (κ2) is 7.27. The molecule has 1 saturated carbocycles. The predicted octanol–water partition coefficient (Wildman–Crippen LogP) is 4.55. The van der Waals surface area contributed by atoms with E-state index in [1.807, 2.05) is 48.2 Å². The van der Waals surface area contributed by atoms with Crippen molar-refractivity contribution in [2.45, 2.75) is 45.2 Å². The van der Waals surface area contributed by atoms with E-state index in [0.29, 0.717) is 6.54 Å². The van der Waals surface area contributed by atoms with Crippen molar-refractivity contribution in [3.05, 3.63) is 53.5 Å². The van der Waals surface area contributed by atoms with Crippen molar-refractivity contribution in [1.82, 2.24) is 4.90 Å². The summed E-state index contributed by atoms with van der Waals surface area (Å²) in [4.78, 5) is 14.7. The molecule has 1 N–H and O–H groups in total. The van der Waals surface area contributed by atoms with Crippen molar-refractivity contribution in [1.29, 1.82) is 0 Å². The minimum atomic E-state index is -0.0931. The molecule has 1 aromatic carbocycles. The van der Waals surface area contributed by atoms with Crippen LogP contribution in [-0.2, 0) is 6.54 Å². The van der Waals surface area contributed by atoms with E-state index >= 15 is 0 Å². The Kier molecular flexibility index (Phi) is 4.90. The second-order valence-electron chi connectivity index (χ2n) is 6.23. The molecule has 0 spiro atoms. The highest BCUT2D eigenvalue weighted by molar-refractivity contribution is 5.89. The van der Waals surface area contributed by atoms with Gasteiger partial charge in [-0.2, -0.15) is 0 Å². The van der Waals surface area contributed by atoms with Crippen LogP contribution in [0.3, 0.4) is 0 Å². The van der Waals surface area contributed by atoms with Gasteiger partial charge in [0.2, 0.25) is 0 Å². The van der Waals surface area contributed by atoms with E-state index in [4.69, 9.17) is 10.8 Å². The third kappa shape index (κ3) is 3.80. The zero-order valence-corrected chi connectivity index (χ0v) is 13.9. The lowest BCUT2D eigenvalue weighted by atomic mass is 10.2. The van der Waals surface area contributed by atoms with E-state index in [1.54, 1.807) is 0 Å². The lowest BCUT2D eigenvalue weighted by molar-refractivity contribution is 0.178. The van der Waals surface area contributed by atoms with Gasteiger partial charge in [0, 0.05) is 17.3 Å². The van der Waals surface area contributed by atoms with E-state index in [0.717, 1.165) is 35.6 Å². The van der Waals surface area contributed by atoms with E-state index in [9.17, 15) is 4.79 Å². The van der Waals surface area contributed by atoms with Crippen molar-refractivity contribution in [3.8, 4) is 12.3 Å². The van der Waals surface area contributed by atoms with Gasteiger partial charge in [-0.25, -0.2) is 4.79 Å². The molecule has 0 bridgehead atoms. The largest absolute Gasteiger partial charge is 0.464 e. The molecule has 0 unspecified atom stereocenters. The van der Waals surface area contributed by atoms with Gasteiger partial charge >= 0.3 is 6.03 Å². The fourth-order valence-corrected chi connectivity index (χ4v) is 3.17. The van der Waals surface area contributed by atoms with E-state index in [-0.39, 0.29) is 12.1 Å². The Morgan fingerprint density at radius 3 is 2.54 bits per heavy atom. The lowest BCUT2D eigenvalue weighted by Gasteiger charge is -2.28. The zero-order valence-electron chi connectivity index (χ0n) is 13.9. The number of carbonyl (C=O) groups excluding carboxylic acids is 1. The fraction of sp³-hybridized carbons (Fsp3) is 0.350. The topological polar surface area (TPSA) is 45.5 Å². The number of benzene rings is 1. The zero-order chi connectivity index (χ0) is 16.9. The molecule has 0 aliphatic heterocycles. The first-order valence-electron chi connectivity index (χ1n) is 8.35. The summed E-state index contributed by atoms with van der Waals surface area (Å²) >= 11 is 0. The molecule has 24 heavy (non-hydrogen) atoms. The van der Waals surface area contributed by atoms with Gasteiger partial charge in [0.25, 0.3) is 0 Å². The predicted molar refractivity (Wildman–Crippen MR) is 94.6 cm³/mol. The number of nitrogens with zero attached hydrogens (tertiary/aromatic N) is 1. The lowest BCUT2D eigenvalue weighted by Crippen LogP contribution is -2.41. The summed E-state index contributed by atoms with van der Waals surface area (Å²) in [6.07, 6.45) is 9.79. The van der Waals surface area contributed by atoms with Gasteiger partial charge < -0.3 is 14.6 Å². The summed E-state index contributed by atoms with van der Waals surface area (Å²) in [7, 11) is 0. The number of carbonyl (C=O) groups is 1. The van der Waals surface area contributed by atoms with Gasteiger partial charge in [-0.05, 0) is 56.2 Å². The Morgan fingerprint density at radius 2 is 1.96 bits per heavy atom. The molecule has 0 radical (unpaired) electrons. The maximum Gasteiger partial charge on any atom is 0.322 e. The van der Waals surface area contributed by atoms with Crippen molar-refractivity contribution < 1.29 is 9.21 Å². The van der Waals surface area contributed by atoms with Crippen molar-refractivity contribution >= 4 is 11.7 Å². The molecule has 124 valence electrons. The average molecular weight is 322 g/mol. The Labute approximate surface area is 142 Å². The maximum atomic E-state index is 12.8. The molecule has 0 atom stereocenters. The number of aryl methyl sites for hydroxylation is 1. The average Bonchev–Trinajstić information content (AvgIpc) is 3.25. The highest BCUT2D eigenvalue weighted by atomic mass is 16.3. The Balaban J connectivity index is 1.73. The second-order valence-corrected chi connectivity index (χ2v) is 6.23. The maximum absolute atomic E-state index is 12.8. The first-order valence-corrected chi connectivity index (χ1v) is 8.35. The van der Waals surface area contributed by atoms with Crippen LogP contribution in [-0.4, -0.2) is 17.0 Å². The van der Waals surface area contributed by atoms with E-state index in [2.05, 4.69) is 11.2 Å². The molecule has 2 amide bonds. The minimum Gasteiger partial charge on any atom is -0.464 e. The molecule has 1 heterocycles. The monoisotopic (exact) mass is 322 g/mol. The van der Waals surface area contributed by atoms with E-state index < -0.39 is 0 Å². The van der Waals surface area contributed by atoms with Gasteiger partial charge in [-0.1, -0.05) is 18.8 Å². The summed E-state index contributed by atoms with van der Waals surface area (Å²) in [5, 5.41) is 2.97. The molecule has 1 aliphatic rings. The number of hydrogen-bond donors (Lipinski definition) is 1. The molecule has 1 aromatic heterocycles. The Hall–Kier alpha value is -2.67. The molecule has 1 fully saturated rings. The summed E-state index contributed by atoms with van der Waals surface area (Å²) in [5.41, 5.74) is 1.55. The van der Waals surface area contributed by atoms with Gasteiger partial charge in [-0.15, -0.1) is 6.42 Å². The van der Waals surface area contributed by atoms with Crippen molar-refractivity contribution in [2.24, 2.45) is 0 Å². The van der Waals surface area contributed by atoms with Gasteiger partial charge in [0.15, 0.2) is 0 Å². The Morgan fingerprint density at radius 1 is 1.25 bits per heavy atom. The normalized spacial score (nSPS) is 14.3. The third-order valence-corrected chi connectivity index (χ3v) is 4.45. The number of anilines is 1. The number of urea groups is 1. The number of furan rings is 1. The molecule has 2 aromatic rings. The standard InChI is InChI=1S/C20H22N2O2/c1-3-16-9-11-17(12-10-16)21-20(23)22(18-6-4-5-7-18)14-19-13-8-15(2)24-19/h1,8-13,18H,4-7,14H2,2H3,(H,21,23). The SMILES string of the molecule is C#Cc1ccc(NC(=O)N(Cc2ccc(C)o2)C2CCCC2)cc1. The van der Waals surface area contributed by atoms with Crippen molar-refractivity contribution in [2.75, 3.05) is 5.32 Å². The molecular formula is C20H22N2O2. The highest BCUT2D eigenvalue weighted by Gasteiger charge is 2.27. The highest BCUT2D eigenvalue weighted by Crippen LogP contribution is 2.26. The minimum absolute atomic E-state index is 0.0931. The first kappa shape index (κ1) is 16.2. The van der Waals surface area contributed by atoms with Crippen LogP contribution in [0.15, 0.2) is 40.8 Å². The number of terminal acetylenes is 1. The molecule has 3 rings (SSSR count). The number of rotatable bonds is 4. The number of hydrogen-bond acceptors (Lipinski definition) is 2. The van der Waals surface area contributed by atoms with Crippen LogP contribution in [0.2, 0.25) is 0 Å². The van der Waals surface area contributed by atoms with E-state index in [1.165, 1.54) is 12.8 Å². The van der Waals surface area contributed by atoms with Crippen LogP contribution in [0.1, 0.15) is 42.8 Å². The fourth-order valence-electron chi connectivity index (χ4n) is 3.17. The summed E-state index contributed by atoms with van der Waals surface area (Å²) < 4.78 is 5.66. The summed E-state index contributed by atoms with van der Waals surface area (Å²) in [5.74, 6) is 4.25. The van der Waals surface area contributed by atoms with Gasteiger partial charge in [0.05, 0.1) is 6.54 Å². The third-order valence-electron chi connectivity index (χ3n) is 4.45. The first-order chi connectivity index (χ1) is 11.7. The summed E-state index contributed by atoms with van der Waals surface area (Å²) in [6.45, 7) is 2.41. The van der Waals surface area contributed by atoms with Crippen molar-refractivity contribution in [3.63, 3.8) is 0 Å². The molecule has 4 nitrogen and oxygen atoms in total. The van der Waals surface area contributed by atoms with Crippen LogP contribution in [0.4, 0.5) is 10.5 Å². The quantitative estimate of drug-likeness (QED) is 0.840. The van der Waals surface area contributed by atoms with Crippen LogP contribution in [0, 0.1) is 19.3 Å². The van der Waals surface area contributed by atoms with Gasteiger partial charge in [0.1, 0.15) is 11.5 Å².